The summed E-state index contributed by atoms with van der Waals surface area (Å²) in [5.74, 6) is -0.418. The molecule has 2 heterocycles. The van der Waals surface area contributed by atoms with Gasteiger partial charge < -0.3 is 9.47 Å². The van der Waals surface area contributed by atoms with Crippen LogP contribution in [0, 0.1) is 0 Å². The van der Waals surface area contributed by atoms with Crippen LogP contribution in [0.15, 0.2) is 18.5 Å². The molecule has 0 radical (unpaired) electrons. The molecule has 1 aliphatic heterocycles. The van der Waals surface area contributed by atoms with Gasteiger partial charge in [0.05, 0.1) is 33.8 Å². The minimum absolute atomic E-state index is 0.0387. The van der Waals surface area contributed by atoms with Crippen molar-refractivity contribution in [3.05, 3.63) is 13.6 Å². The number of sulfonamides is 1. The lowest BCUT2D eigenvalue weighted by Crippen LogP contribution is -2.46. The van der Waals surface area contributed by atoms with Crippen LogP contribution < -0.4 is 0 Å². The van der Waals surface area contributed by atoms with Gasteiger partial charge in [0.2, 0.25) is 10.0 Å². The molecule has 0 aliphatic carbocycles. The summed E-state index contributed by atoms with van der Waals surface area (Å²) in [6, 6.07) is 1.56. The van der Waals surface area contributed by atoms with Crippen molar-refractivity contribution < 1.29 is 22.7 Å². The molecule has 1 fully saturated rings. The lowest BCUT2D eigenvalue weighted by Gasteiger charge is -2.31. The van der Waals surface area contributed by atoms with E-state index in [2.05, 4.69) is 36.6 Å². The van der Waals surface area contributed by atoms with Crippen LogP contribution in [0.3, 0.4) is 0 Å². The fourth-order valence-corrected chi connectivity index (χ4v) is 7.16. The molecule has 2 rings (SSSR count). The average molecular weight is 463 g/mol. The Morgan fingerprint density at radius 2 is 2.29 bits per heavy atom. The number of ether oxygens (including phenoxy) is 2. The third-order valence-corrected chi connectivity index (χ3v) is 7.59. The number of nitrogens with zero attached hydrogens (tertiary/aromatic N) is 1. The van der Waals surface area contributed by atoms with Crippen LogP contribution in [0.2, 0.25) is 0 Å². The fraction of sp³-hybridized carbons (Fsp3) is 0.545. The number of morpholine rings is 1. The Kier molecular flexibility index (Phi) is 5.83. The number of thiophene rings is 1. The second kappa shape index (κ2) is 7.05. The van der Waals surface area contributed by atoms with Crippen molar-refractivity contribution in [2.75, 3.05) is 26.8 Å². The van der Waals surface area contributed by atoms with Crippen LogP contribution in [-0.2, 0) is 24.3 Å². The summed E-state index contributed by atoms with van der Waals surface area (Å²) in [6.07, 6.45) is -0.446. The van der Waals surface area contributed by atoms with Crippen molar-refractivity contribution >= 4 is 59.2 Å². The molecule has 21 heavy (non-hydrogen) atoms. The van der Waals surface area contributed by atoms with E-state index in [9.17, 15) is 13.2 Å². The van der Waals surface area contributed by atoms with E-state index in [4.69, 9.17) is 4.74 Å². The van der Waals surface area contributed by atoms with Crippen LogP contribution >= 0.6 is 43.2 Å². The van der Waals surface area contributed by atoms with Crippen molar-refractivity contribution in [2.45, 2.75) is 17.4 Å². The monoisotopic (exact) mass is 461 g/mol. The van der Waals surface area contributed by atoms with E-state index in [-0.39, 0.29) is 31.0 Å². The second-order valence-corrected chi connectivity index (χ2v) is 9.98. The zero-order valence-corrected chi connectivity index (χ0v) is 15.8. The fourth-order valence-electron chi connectivity index (χ4n) is 1.94. The number of hydrogen-bond donors (Lipinski definition) is 0. The van der Waals surface area contributed by atoms with Crippen LogP contribution in [-0.4, -0.2) is 51.6 Å². The van der Waals surface area contributed by atoms with Gasteiger partial charge in [-0.2, -0.15) is 4.31 Å². The molecule has 0 bridgehead atoms. The van der Waals surface area contributed by atoms with Crippen LogP contribution in [0.25, 0.3) is 0 Å². The lowest BCUT2D eigenvalue weighted by atomic mass is 10.2. The largest absolute Gasteiger partial charge is 0.469 e. The molecular formula is C11H13Br2NO5S2. The first-order valence-corrected chi connectivity index (χ1v) is 9.82. The molecule has 0 amide bonds. The van der Waals surface area contributed by atoms with Gasteiger partial charge in [-0.1, -0.05) is 0 Å². The highest BCUT2D eigenvalue weighted by Crippen LogP contribution is 2.36. The summed E-state index contributed by atoms with van der Waals surface area (Å²) in [4.78, 5) is 11.5. The van der Waals surface area contributed by atoms with Gasteiger partial charge in [-0.3, -0.25) is 4.79 Å². The molecule has 118 valence electrons. The Morgan fingerprint density at radius 1 is 1.57 bits per heavy atom. The molecule has 0 aromatic carbocycles. The Hall–Kier alpha value is -0.000000000000000298. The SMILES string of the molecule is COC(=O)CC1CN(S(=O)(=O)c2cc(Br)sc2Br)CCO1. The molecule has 0 saturated carbocycles. The first kappa shape index (κ1) is 17.4. The Balaban J connectivity index is 2.16. The lowest BCUT2D eigenvalue weighted by molar-refractivity contribution is -0.145. The maximum atomic E-state index is 12.6. The summed E-state index contributed by atoms with van der Waals surface area (Å²) in [6.45, 7) is 0.654. The highest BCUT2D eigenvalue weighted by atomic mass is 79.9. The molecule has 0 spiro atoms. The number of halogens is 2. The van der Waals surface area contributed by atoms with Crippen LogP contribution in [0.4, 0.5) is 0 Å². The predicted octanol–water partition coefficient (Wildman–Crippen LogP) is 2.23. The predicted molar refractivity (Wildman–Crippen MR) is 84.9 cm³/mol. The van der Waals surface area contributed by atoms with Gasteiger partial charge in [-0.15, -0.1) is 11.3 Å². The molecule has 1 aromatic heterocycles. The van der Waals surface area contributed by atoms with Crippen LogP contribution in [0.1, 0.15) is 6.42 Å². The number of hydrogen-bond acceptors (Lipinski definition) is 6. The maximum Gasteiger partial charge on any atom is 0.308 e. The normalized spacial score (nSPS) is 20.4. The summed E-state index contributed by atoms with van der Waals surface area (Å²) >= 11 is 7.83. The standard InChI is InChI=1S/C11H13Br2NO5S2/c1-18-10(15)4-7-6-14(2-3-19-7)21(16,17)8-5-9(12)20-11(8)13/h5,7H,2-4,6H2,1H3. The van der Waals surface area contributed by atoms with Crippen molar-refractivity contribution in [2.24, 2.45) is 0 Å². The van der Waals surface area contributed by atoms with E-state index in [1.807, 2.05) is 0 Å². The van der Waals surface area contributed by atoms with E-state index < -0.39 is 22.1 Å². The minimum atomic E-state index is -3.61. The molecule has 10 heteroatoms. The van der Waals surface area contributed by atoms with E-state index in [0.717, 1.165) is 3.79 Å². The molecular weight excluding hydrogens is 450 g/mol. The highest BCUT2D eigenvalue weighted by Gasteiger charge is 2.33. The van der Waals surface area contributed by atoms with E-state index in [0.29, 0.717) is 3.79 Å². The molecule has 0 N–H and O–H groups in total. The topological polar surface area (TPSA) is 72.9 Å². The third-order valence-electron chi connectivity index (χ3n) is 2.97. The Labute approximate surface area is 143 Å². The van der Waals surface area contributed by atoms with Gasteiger partial charge >= 0.3 is 5.97 Å². The maximum absolute atomic E-state index is 12.6. The van der Waals surface area contributed by atoms with Gasteiger partial charge in [0.25, 0.3) is 0 Å². The molecule has 1 aliphatic rings. The van der Waals surface area contributed by atoms with Gasteiger partial charge in [-0.25, -0.2) is 8.42 Å². The average Bonchev–Trinajstić information content (AvgIpc) is 2.78. The number of methoxy groups -OCH3 is 1. The van der Waals surface area contributed by atoms with Crippen molar-refractivity contribution in [3.63, 3.8) is 0 Å². The first-order chi connectivity index (χ1) is 9.84. The smallest absolute Gasteiger partial charge is 0.308 e. The van der Waals surface area contributed by atoms with Crippen molar-refractivity contribution in [1.82, 2.24) is 4.31 Å². The zero-order chi connectivity index (χ0) is 15.6. The first-order valence-electron chi connectivity index (χ1n) is 5.98. The zero-order valence-electron chi connectivity index (χ0n) is 11.0. The van der Waals surface area contributed by atoms with E-state index in [1.54, 1.807) is 6.07 Å². The third kappa shape index (κ3) is 4.05. The number of carbonyl (C=O) groups excluding carboxylic acids is 1. The van der Waals surface area contributed by atoms with E-state index >= 15 is 0 Å². The Morgan fingerprint density at radius 3 is 2.86 bits per heavy atom. The number of carbonyl (C=O) groups is 1. The highest BCUT2D eigenvalue weighted by molar-refractivity contribution is 9.12. The molecule has 1 saturated heterocycles. The second-order valence-electron chi connectivity index (χ2n) is 4.32. The van der Waals surface area contributed by atoms with Gasteiger partial charge in [0.1, 0.15) is 4.90 Å². The number of rotatable bonds is 4. The quantitative estimate of drug-likeness (QED) is 0.641. The minimum Gasteiger partial charge on any atom is -0.469 e. The summed E-state index contributed by atoms with van der Waals surface area (Å²) < 4.78 is 37.9. The van der Waals surface area contributed by atoms with Crippen LogP contribution in [0.5, 0.6) is 0 Å². The van der Waals surface area contributed by atoms with Gasteiger partial charge in [-0.05, 0) is 37.9 Å². The molecule has 6 nitrogen and oxygen atoms in total. The van der Waals surface area contributed by atoms with Crippen molar-refractivity contribution in [1.29, 1.82) is 0 Å². The van der Waals surface area contributed by atoms with Crippen molar-refractivity contribution in [3.8, 4) is 0 Å². The molecule has 1 atom stereocenters. The summed E-state index contributed by atoms with van der Waals surface area (Å²) in [5.41, 5.74) is 0. The Bertz CT molecular complexity index is 631. The van der Waals surface area contributed by atoms with Gasteiger partial charge in [0, 0.05) is 13.1 Å². The van der Waals surface area contributed by atoms with Gasteiger partial charge in [0.15, 0.2) is 0 Å². The summed E-state index contributed by atoms with van der Waals surface area (Å²) in [5, 5.41) is 0. The number of esters is 1. The molecule has 1 aromatic rings. The van der Waals surface area contributed by atoms with E-state index in [1.165, 1.54) is 22.8 Å². The summed E-state index contributed by atoms with van der Waals surface area (Å²) in [7, 11) is -2.32. The molecule has 1 unspecified atom stereocenters.